The van der Waals surface area contributed by atoms with E-state index in [4.69, 9.17) is 9.15 Å². The molecule has 2 aliphatic heterocycles. The summed E-state index contributed by atoms with van der Waals surface area (Å²) in [7, 11) is 0. The molecule has 2 unspecified atom stereocenters. The fraction of sp³-hybridized carbons (Fsp3) is 0.810. The molecule has 0 saturated carbocycles. The first-order valence-electron chi connectivity index (χ1n) is 10.9. The van der Waals surface area contributed by atoms with Crippen LogP contribution >= 0.6 is 0 Å². The van der Waals surface area contributed by atoms with Gasteiger partial charge in [0, 0.05) is 45.3 Å². The molecule has 1 amide bonds. The zero-order chi connectivity index (χ0) is 20.8. The number of rotatable bonds is 8. The summed E-state index contributed by atoms with van der Waals surface area (Å²) in [5.41, 5.74) is 0.417. The number of carbonyl (C=O) groups excluding carboxylic acids is 1. The molecule has 2 saturated heterocycles. The molecule has 1 aromatic rings. The highest BCUT2D eigenvalue weighted by atomic mass is 16.5. The number of hydrogen-bond acceptors (Lipinski definition) is 7. The minimum Gasteiger partial charge on any atom is -0.447 e. The Morgan fingerprint density at radius 1 is 1.24 bits per heavy atom. The van der Waals surface area contributed by atoms with Crippen molar-refractivity contribution in [1.82, 2.24) is 19.7 Å². The summed E-state index contributed by atoms with van der Waals surface area (Å²) in [6.45, 7) is 12.0. The van der Waals surface area contributed by atoms with E-state index < -0.39 is 6.10 Å². The van der Waals surface area contributed by atoms with Crippen molar-refractivity contribution in [3.05, 3.63) is 17.8 Å². The molecule has 3 rings (SSSR count). The number of aromatic nitrogens is 1. The SMILES string of the molecule is CC(C)OCC(O)CN1CCN(Cc2nc(C(=O)N3CCCCC3C)co2)CC1. The van der Waals surface area contributed by atoms with Crippen molar-refractivity contribution >= 4 is 5.91 Å². The first-order chi connectivity index (χ1) is 13.9. The highest BCUT2D eigenvalue weighted by Gasteiger charge is 2.27. The van der Waals surface area contributed by atoms with Gasteiger partial charge in [0.25, 0.3) is 5.91 Å². The van der Waals surface area contributed by atoms with E-state index in [1.807, 2.05) is 18.7 Å². The summed E-state index contributed by atoms with van der Waals surface area (Å²) < 4.78 is 11.1. The molecular formula is C21H36N4O4. The summed E-state index contributed by atoms with van der Waals surface area (Å²) in [4.78, 5) is 23.6. The first kappa shape index (κ1) is 22.2. The van der Waals surface area contributed by atoms with Gasteiger partial charge in [0.05, 0.1) is 25.4 Å². The molecule has 8 heteroatoms. The molecule has 1 N–H and O–H groups in total. The Kier molecular flexibility index (Phi) is 8.06. The Bertz CT molecular complexity index is 642. The molecule has 0 bridgehead atoms. The normalized spacial score (nSPS) is 22.9. The van der Waals surface area contributed by atoms with Crippen LogP contribution in [0, 0.1) is 0 Å². The lowest BCUT2D eigenvalue weighted by molar-refractivity contribution is -0.0151. The van der Waals surface area contributed by atoms with E-state index in [1.54, 1.807) is 0 Å². The molecule has 2 aliphatic rings. The molecule has 1 aromatic heterocycles. The maximum atomic E-state index is 12.7. The fourth-order valence-corrected chi connectivity index (χ4v) is 4.00. The van der Waals surface area contributed by atoms with Crippen molar-refractivity contribution in [3.63, 3.8) is 0 Å². The quantitative estimate of drug-likeness (QED) is 0.699. The molecule has 0 aliphatic carbocycles. The van der Waals surface area contributed by atoms with E-state index in [0.29, 0.717) is 31.3 Å². The number of aliphatic hydroxyl groups excluding tert-OH is 1. The summed E-state index contributed by atoms with van der Waals surface area (Å²) in [5, 5.41) is 10.1. The maximum absolute atomic E-state index is 12.7. The lowest BCUT2D eigenvalue weighted by Crippen LogP contribution is -2.48. The van der Waals surface area contributed by atoms with Crippen molar-refractivity contribution in [2.45, 2.75) is 64.8 Å². The molecule has 3 heterocycles. The molecule has 29 heavy (non-hydrogen) atoms. The van der Waals surface area contributed by atoms with Crippen LogP contribution in [0.2, 0.25) is 0 Å². The van der Waals surface area contributed by atoms with Crippen molar-refractivity contribution in [2.24, 2.45) is 0 Å². The minimum absolute atomic E-state index is 0.0189. The Labute approximate surface area is 173 Å². The van der Waals surface area contributed by atoms with Crippen molar-refractivity contribution in [1.29, 1.82) is 0 Å². The summed E-state index contributed by atoms with van der Waals surface area (Å²) in [6.07, 6.45) is 4.48. The van der Waals surface area contributed by atoms with E-state index in [9.17, 15) is 9.90 Å². The second-order valence-electron chi connectivity index (χ2n) is 8.58. The highest BCUT2D eigenvalue weighted by molar-refractivity contribution is 5.92. The van der Waals surface area contributed by atoms with Crippen LogP contribution in [-0.2, 0) is 11.3 Å². The number of piperazine rings is 1. The van der Waals surface area contributed by atoms with Crippen LogP contribution in [0.1, 0.15) is 56.4 Å². The number of hydrogen-bond donors (Lipinski definition) is 1. The topological polar surface area (TPSA) is 82.3 Å². The number of ether oxygens (including phenoxy) is 1. The summed E-state index contributed by atoms with van der Waals surface area (Å²) in [5.74, 6) is 0.575. The molecule has 2 fully saturated rings. The van der Waals surface area contributed by atoms with Gasteiger partial charge in [0.15, 0.2) is 5.69 Å². The predicted octanol–water partition coefficient (Wildman–Crippen LogP) is 1.59. The molecular weight excluding hydrogens is 372 g/mol. The van der Waals surface area contributed by atoms with Gasteiger partial charge in [-0.1, -0.05) is 0 Å². The number of nitrogens with zero attached hydrogens (tertiary/aromatic N) is 4. The third-order valence-corrected chi connectivity index (χ3v) is 5.75. The molecule has 0 spiro atoms. The Morgan fingerprint density at radius 2 is 1.97 bits per heavy atom. The monoisotopic (exact) mass is 408 g/mol. The van der Waals surface area contributed by atoms with E-state index >= 15 is 0 Å². The van der Waals surface area contributed by atoms with Crippen LogP contribution in [0.25, 0.3) is 0 Å². The van der Waals surface area contributed by atoms with Crippen molar-refractivity contribution < 1.29 is 19.1 Å². The number of piperidine rings is 1. The molecule has 8 nitrogen and oxygen atoms in total. The average molecular weight is 409 g/mol. The van der Waals surface area contributed by atoms with Gasteiger partial charge in [-0.05, 0) is 40.0 Å². The third-order valence-electron chi connectivity index (χ3n) is 5.75. The Morgan fingerprint density at radius 3 is 2.66 bits per heavy atom. The van der Waals surface area contributed by atoms with Crippen LogP contribution in [0.5, 0.6) is 0 Å². The largest absolute Gasteiger partial charge is 0.447 e. The smallest absolute Gasteiger partial charge is 0.276 e. The second-order valence-corrected chi connectivity index (χ2v) is 8.58. The minimum atomic E-state index is -0.457. The first-order valence-corrected chi connectivity index (χ1v) is 10.9. The second kappa shape index (κ2) is 10.5. The van der Waals surface area contributed by atoms with Gasteiger partial charge in [-0.2, -0.15) is 0 Å². The van der Waals surface area contributed by atoms with Gasteiger partial charge in [-0.3, -0.25) is 14.6 Å². The Balaban J connectivity index is 1.42. The van der Waals surface area contributed by atoms with Crippen LogP contribution < -0.4 is 0 Å². The van der Waals surface area contributed by atoms with Crippen LogP contribution in [0.4, 0.5) is 0 Å². The lowest BCUT2D eigenvalue weighted by Gasteiger charge is -2.35. The zero-order valence-electron chi connectivity index (χ0n) is 18.0. The Hall–Kier alpha value is -1.48. The highest BCUT2D eigenvalue weighted by Crippen LogP contribution is 2.19. The third kappa shape index (κ3) is 6.50. The molecule has 2 atom stereocenters. The number of amides is 1. The lowest BCUT2D eigenvalue weighted by atomic mass is 10.0. The van der Waals surface area contributed by atoms with E-state index in [1.165, 1.54) is 12.7 Å². The van der Waals surface area contributed by atoms with E-state index in [2.05, 4.69) is 21.7 Å². The number of aliphatic hydroxyl groups is 1. The molecule has 0 aromatic carbocycles. The van der Waals surface area contributed by atoms with Crippen molar-refractivity contribution in [2.75, 3.05) is 45.9 Å². The van der Waals surface area contributed by atoms with Crippen LogP contribution in [-0.4, -0.2) is 94.8 Å². The van der Waals surface area contributed by atoms with Gasteiger partial charge >= 0.3 is 0 Å². The van der Waals surface area contributed by atoms with Crippen LogP contribution in [0.15, 0.2) is 10.7 Å². The molecule has 0 radical (unpaired) electrons. The number of oxazole rings is 1. The van der Waals surface area contributed by atoms with Gasteiger partial charge in [-0.15, -0.1) is 0 Å². The van der Waals surface area contributed by atoms with Gasteiger partial charge < -0.3 is 19.2 Å². The standard InChI is InChI=1S/C21H36N4O4/c1-16(2)28-14-18(26)12-23-8-10-24(11-9-23)13-20-22-19(15-29-20)21(27)25-7-5-4-6-17(25)3/h15-18,26H,4-14H2,1-3H3. The fourth-order valence-electron chi connectivity index (χ4n) is 4.00. The van der Waals surface area contributed by atoms with Crippen molar-refractivity contribution in [3.8, 4) is 0 Å². The average Bonchev–Trinajstić information content (AvgIpc) is 3.16. The zero-order valence-corrected chi connectivity index (χ0v) is 18.0. The number of carbonyl (C=O) groups is 1. The summed E-state index contributed by atoms with van der Waals surface area (Å²) >= 11 is 0. The van der Waals surface area contributed by atoms with Gasteiger partial charge in [0.2, 0.25) is 5.89 Å². The van der Waals surface area contributed by atoms with E-state index in [-0.39, 0.29) is 18.1 Å². The molecule has 164 valence electrons. The summed E-state index contributed by atoms with van der Waals surface area (Å²) in [6, 6.07) is 0.269. The maximum Gasteiger partial charge on any atom is 0.276 e. The number of β-amino-alcohol motifs (C(OH)–C–C–N with tert-alkyl or cyclic N) is 1. The predicted molar refractivity (Wildman–Crippen MR) is 110 cm³/mol. The van der Waals surface area contributed by atoms with Crippen LogP contribution in [0.3, 0.4) is 0 Å². The van der Waals surface area contributed by atoms with Gasteiger partial charge in [0.1, 0.15) is 6.26 Å². The van der Waals surface area contributed by atoms with E-state index in [0.717, 1.165) is 45.6 Å². The number of likely N-dealkylation sites (tertiary alicyclic amines) is 1. The van der Waals surface area contributed by atoms with Gasteiger partial charge in [-0.25, -0.2) is 4.98 Å².